The number of carbonyl (C=O) groups is 1. The van der Waals surface area contributed by atoms with E-state index in [2.05, 4.69) is 4.98 Å². The predicted octanol–water partition coefficient (Wildman–Crippen LogP) is 0.518. The van der Waals surface area contributed by atoms with Gasteiger partial charge in [-0.1, -0.05) is 0 Å². The van der Waals surface area contributed by atoms with Crippen LogP contribution in [-0.2, 0) is 0 Å². The molecule has 0 aromatic carbocycles. The van der Waals surface area contributed by atoms with E-state index in [1.54, 1.807) is 4.90 Å². The first-order valence-corrected chi connectivity index (χ1v) is 4.95. The Labute approximate surface area is 104 Å². The fourth-order valence-electron chi connectivity index (χ4n) is 1.75. The smallest absolute Gasteiger partial charge is 0.287 e. The standard InChI is InChI=1S/C9H12N4O3.ClH/c10-6-1-2-12(5-6)9(14)8-3-7(4-11-8)13(15)16;/h3-4,6,11H,1-2,5,10H2;1H. The third-order valence-electron chi connectivity index (χ3n) is 2.62. The molecule has 1 saturated heterocycles. The van der Waals surface area contributed by atoms with Crippen LogP contribution in [0.3, 0.4) is 0 Å². The fourth-order valence-corrected chi connectivity index (χ4v) is 1.75. The number of aromatic nitrogens is 1. The van der Waals surface area contributed by atoms with Gasteiger partial charge >= 0.3 is 0 Å². The summed E-state index contributed by atoms with van der Waals surface area (Å²) in [7, 11) is 0. The topological polar surface area (TPSA) is 105 Å². The number of rotatable bonds is 2. The molecular weight excluding hydrogens is 248 g/mol. The Morgan fingerprint density at radius 3 is 2.82 bits per heavy atom. The lowest BCUT2D eigenvalue weighted by Crippen LogP contribution is -2.32. The van der Waals surface area contributed by atoms with E-state index in [4.69, 9.17) is 5.73 Å². The van der Waals surface area contributed by atoms with Gasteiger partial charge in [0.1, 0.15) is 5.69 Å². The predicted molar refractivity (Wildman–Crippen MR) is 63.2 cm³/mol. The van der Waals surface area contributed by atoms with E-state index < -0.39 is 4.92 Å². The first kappa shape index (κ1) is 13.5. The van der Waals surface area contributed by atoms with Gasteiger partial charge in [-0.15, -0.1) is 12.4 Å². The molecule has 0 bridgehead atoms. The minimum absolute atomic E-state index is 0. The van der Waals surface area contributed by atoms with E-state index in [1.165, 1.54) is 12.3 Å². The van der Waals surface area contributed by atoms with Gasteiger partial charge in [-0.3, -0.25) is 14.9 Å². The first-order valence-electron chi connectivity index (χ1n) is 4.95. The monoisotopic (exact) mass is 260 g/mol. The van der Waals surface area contributed by atoms with Crippen LogP contribution in [0.25, 0.3) is 0 Å². The van der Waals surface area contributed by atoms with Crippen molar-refractivity contribution in [1.82, 2.24) is 9.88 Å². The molecule has 1 aliphatic heterocycles. The van der Waals surface area contributed by atoms with Crippen LogP contribution in [0, 0.1) is 10.1 Å². The first-order chi connectivity index (χ1) is 7.58. The molecule has 1 fully saturated rings. The zero-order chi connectivity index (χ0) is 11.7. The Kier molecular flexibility index (Phi) is 4.08. The highest BCUT2D eigenvalue weighted by atomic mass is 35.5. The van der Waals surface area contributed by atoms with Gasteiger partial charge in [-0.25, -0.2) is 0 Å². The number of halogens is 1. The van der Waals surface area contributed by atoms with Crippen LogP contribution in [0.15, 0.2) is 12.3 Å². The molecule has 1 aliphatic rings. The van der Waals surface area contributed by atoms with Crippen LogP contribution < -0.4 is 5.73 Å². The Hall–Kier alpha value is -1.60. The van der Waals surface area contributed by atoms with Crippen molar-refractivity contribution in [3.63, 3.8) is 0 Å². The van der Waals surface area contributed by atoms with Crippen LogP contribution in [0.4, 0.5) is 5.69 Å². The normalized spacial score (nSPS) is 18.9. The number of H-pyrrole nitrogens is 1. The van der Waals surface area contributed by atoms with Crippen LogP contribution in [0.1, 0.15) is 16.9 Å². The molecule has 1 aromatic rings. The minimum atomic E-state index is -0.539. The van der Waals surface area contributed by atoms with E-state index in [-0.39, 0.29) is 35.7 Å². The van der Waals surface area contributed by atoms with Gasteiger partial charge in [0.25, 0.3) is 11.6 Å². The number of hydrogen-bond acceptors (Lipinski definition) is 4. The van der Waals surface area contributed by atoms with Crippen molar-refractivity contribution in [3.8, 4) is 0 Å². The molecule has 0 radical (unpaired) electrons. The number of nitrogens with two attached hydrogens (primary N) is 1. The lowest BCUT2D eigenvalue weighted by molar-refractivity contribution is -0.384. The number of nitrogens with zero attached hydrogens (tertiary/aromatic N) is 2. The van der Waals surface area contributed by atoms with Crippen molar-refractivity contribution in [2.45, 2.75) is 12.5 Å². The summed E-state index contributed by atoms with van der Waals surface area (Å²) in [6.45, 7) is 1.11. The third-order valence-corrected chi connectivity index (χ3v) is 2.62. The maximum atomic E-state index is 11.8. The van der Waals surface area contributed by atoms with Crippen LogP contribution >= 0.6 is 12.4 Å². The molecule has 94 valence electrons. The van der Waals surface area contributed by atoms with Gasteiger partial charge in [-0.2, -0.15) is 0 Å². The molecule has 2 heterocycles. The highest BCUT2D eigenvalue weighted by Gasteiger charge is 2.26. The largest absolute Gasteiger partial charge is 0.351 e. The second kappa shape index (κ2) is 5.15. The molecule has 1 aromatic heterocycles. The SMILES string of the molecule is Cl.NC1CCN(C(=O)c2cc([N+](=O)[O-])c[nH]2)C1. The van der Waals surface area contributed by atoms with E-state index in [9.17, 15) is 14.9 Å². The molecule has 0 saturated carbocycles. The quantitative estimate of drug-likeness (QED) is 0.597. The molecule has 3 N–H and O–H groups in total. The molecular formula is C9H13ClN4O3. The molecule has 17 heavy (non-hydrogen) atoms. The second-order valence-corrected chi connectivity index (χ2v) is 3.83. The second-order valence-electron chi connectivity index (χ2n) is 3.83. The van der Waals surface area contributed by atoms with Crippen molar-refractivity contribution in [2.24, 2.45) is 5.73 Å². The third kappa shape index (κ3) is 2.75. The van der Waals surface area contributed by atoms with Crippen LogP contribution in [0.5, 0.6) is 0 Å². The highest BCUT2D eigenvalue weighted by molar-refractivity contribution is 5.93. The Bertz CT molecular complexity index is 434. The van der Waals surface area contributed by atoms with Gasteiger partial charge in [0, 0.05) is 25.2 Å². The molecule has 2 rings (SSSR count). The fraction of sp³-hybridized carbons (Fsp3) is 0.444. The molecule has 0 spiro atoms. The summed E-state index contributed by atoms with van der Waals surface area (Å²) in [6, 6.07) is 1.25. The van der Waals surface area contributed by atoms with Gasteiger partial charge in [0.05, 0.1) is 11.1 Å². The Balaban J connectivity index is 0.00000144. The van der Waals surface area contributed by atoms with E-state index >= 15 is 0 Å². The molecule has 0 aliphatic carbocycles. The Morgan fingerprint density at radius 2 is 2.35 bits per heavy atom. The summed E-state index contributed by atoms with van der Waals surface area (Å²) in [4.78, 5) is 26.0. The molecule has 8 heteroatoms. The van der Waals surface area contributed by atoms with Gasteiger partial charge < -0.3 is 15.6 Å². The van der Waals surface area contributed by atoms with E-state index in [0.29, 0.717) is 13.1 Å². The number of hydrogen-bond donors (Lipinski definition) is 2. The number of carbonyl (C=O) groups excluding carboxylic acids is 1. The lowest BCUT2D eigenvalue weighted by Gasteiger charge is -2.13. The van der Waals surface area contributed by atoms with Crippen molar-refractivity contribution < 1.29 is 9.72 Å². The van der Waals surface area contributed by atoms with Gasteiger partial charge in [0.2, 0.25) is 0 Å². The summed E-state index contributed by atoms with van der Waals surface area (Å²) < 4.78 is 0. The van der Waals surface area contributed by atoms with Crippen LogP contribution in [-0.4, -0.2) is 39.8 Å². The average Bonchev–Trinajstić information content (AvgIpc) is 2.84. The van der Waals surface area contributed by atoms with Crippen LogP contribution in [0.2, 0.25) is 0 Å². The number of aromatic amines is 1. The average molecular weight is 261 g/mol. The molecule has 1 unspecified atom stereocenters. The number of amides is 1. The molecule has 1 atom stereocenters. The lowest BCUT2D eigenvalue weighted by atomic mass is 10.3. The highest BCUT2D eigenvalue weighted by Crippen LogP contribution is 2.16. The maximum absolute atomic E-state index is 11.8. The summed E-state index contributed by atoms with van der Waals surface area (Å²) in [5.41, 5.74) is 5.81. The summed E-state index contributed by atoms with van der Waals surface area (Å²) >= 11 is 0. The number of nitro groups is 1. The maximum Gasteiger partial charge on any atom is 0.287 e. The summed E-state index contributed by atoms with van der Waals surface area (Å²) in [5.74, 6) is -0.235. The Morgan fingerprint density at radius 1 is 1.65 bits per heavy atom. The van der Waals surface area contributed by atoms with Gasteiger partial charge in [-0.05, 0) is 6.42 Å². The summed E-state index contributed by atoms with van der Waals surface area (Å²) in [5, 5.41) is 10.5. The number of likely N-dealkylation sites (tertiary alicyclic amines) is 1. The van der Waals surface area contributed by atoms with E-state index in [1.807, 2.05) is 0 Å². The molecule has 1 amide bonds. The van der Waals surface area contributed by atoms with Crippen molar-refractivity contribution in [1.29, 1.82) is 0 Å². The number of nitrogens with one attached hydrogen (secondary N) is 1. The van der Waals surface area contributed by atoms with E-state index in [0.717, 1.165) is 6.42 Å². The zero-order valence-electron chi connectivity index (χ0n) is 8.96. The molecule has 7 nitrogen and oxygen atoms in total. The van der Waals surface area contributed by atoms with Gasteiger partial charge in [0.15, 0.2) is 0 Å². The van der Waals surface area contributed by atoms with Crippen molar-refractivity contribution >= 4 is 24.0 Å². The van der Waals surface area contributed by atoms with Crippen molar-refractivity contribution in [3.05, 3.63) is 28.1 Å². The van der Waals surface area contributed by atoms with Crippen molar-refractivity contribution in [2.75, 3.05) is 13.1 Å². The minimum Gasteiger partial charge on any atom is -0.351 e. The zero-order valence-corrected chi connectivity index (χ0v) is 9.77. The summed E-state index contributed by atoms with van der Waals surface area (Å²) in [6.07, 6.45) is 1.98.